The summed E-state index contributed by atoms with van der Waals surface area (Å²) in [5.74, 6) is 0.164. The predicted molar refractivity (Wildman–Crippen MR) is 112 cm³/mol. The van der Waals surface area contributed by atoms with Crippen LogP contribution < -0.4 is 11.1 Å². The Balaban J connectivity index is 0.00000280. The molecule has 0 atom stereocenters. The molecule has 0 saturated carbocycles. The van der Waals surface area contributed by atoms with Gasteiger partial charge in [-0.2, -0.15) is 4.31 Å². The van der Waals surface area contributed by atoms with Crippen LogP contribution in [-0.4, -0.2) is 38.3 Å². The number of halogens is 1. The fourth-order valence-corrected chi connectivity index (χ4v) is 4.72. The van der Waals surface area contributed by atoms with Crippen LogP contribution in [0.5, 0.6) is 0 Å². The third-order valence-corrected chi connectivity index (χ3v) is 6.87. The summed E-state index contributed by atoms with van der Waals surface area (Å²) in [7, 11) is -3.43. The Labute approximate surface area is 172 Å². The number of nitrogens with zero attached hydrogens (tertiary/aromatic N) is 1. The summed E-state index contributed by atoms with van der Waals surface area (Å²) in [6, 6.07) is 15.7. The van der Waals surface area contributed by atoms with Gasteiger partial charge in [0.15, 0.2) is 0 Å². The van der Waals surface area contributed by atoms with Gasteiger partial charge in [-0.15, -0.1) is 12.4 Å². The summed E-state index contributed by atoms with van der Waals surface area (Å²) in [6.07, 6.45) is 1.47. The fourth-order valence-electron chi connectivity index (χ4n) is 3.23. The van der Waals surface area contributed by atoms with Crippen LogP contribution in [0.3, 0.4) is 0 Å². The zero-order valence-corrected chi connectivity index (χ0v) is 17.2. The van der Waals surface area contributed by atoms with E-state index in [-0.39, 0.29) is 24.2 Å². The van der Waals surface area contributed by atoms with Gasteiger partial charge in [0.1, 0.15) is 0 Å². The summed E-state index contributed by atoms with van der Waals surface area (Å²) >= 11 is 0. The minimum Gasteiger partial charge on any atom is -0.352 e. The molecule has 0 aromatic heterocycles. The molecule has 0 bridgehead atoms. The number of piperidine rings is 1. The van der Waals surface area contributed by atoms with E-state index < -0.39 is 10.0 Å². The SMILES string of the molecule is Cl.NCc1ccc(C(=O)NCC2CCN(S(=O)(=O)c3ccccc3)CC2)cc1. The highest BCUT2D eigenvalue weighted by molar-refractivity contribution is 7.89. The lowest BCUT2D eigenvalue weighted by molar-refractivity contribution is 0.0941. The van der Waals surface area contributed by atoms with Gasteiger partial charge in [-0.3, -0.25) is 4.79 Å². The summed E-state index contributed by atoms with van der Waals surface area (Å²) in [6.45, 7) is 1.95. The molecule has 3 rings (SSSR count). The molecule has 1 heterocycles. The predicted octanol–water partition coefficient (Wildman–Crippen LogP) is 2.40. The number of hydrogen-bond acceptors (Lipinski definition) is 4. The number of sulfonamides is 1. The second kappa shape index (κ2) is 10.0. The summed E-state index contributed by atoms with van der Waals surface area (Å²) in [5, 5.41) is 2.95. The lowest BCUT2D eigenvalue weighted by Crippen LogP contribution is -2.41. The average molecular weight is 424 g/mol. The Hall–Kier alpha value is -1.93. The van der Waals surface area contributed by atoms with Crippen molar-refractivity contribution in [2.75, 3.05) is 19.6 Å². The van der Waals surface area contributed by atoms with Crippen molar-refractivity contribution in [1.29, 1.82) is 0 Å². The normalized spacial score (nSPS) is 15.6. The van der Waals surface area contributed by atoms with Gasteiger partial charge in [-0.25, -0.2) is 8.42 Å². The number of carbonyl (C=O) groups is 1. The molecule has 28 heavy (non-hydrogen) atoms. The van der Waals surface area contributed by atoms with E-state index in [1.165, 1.54) is 4.31 Å². The van der Waals surface area contributed by atoms with E-state index in [0.29, 0.717) is 36.6 Å². The number of carbonyl (C=O) groups excluding carboxylic acids is 1. The molecule has 8 heteroatoms. The van der Waals surface area contributed by atoms with Crippen LogP contribution in [0, 0.1) is 5.92 Å². The van der Waals surface area contributed by atoms with E-state index in [4.69, 9.17) is 5.73 Å². The Bertz CT molecular complexity index is 865. The van der Waals surface area contributed by atoms with Crippen LogP contribution in [-0.2, 0) is 16.6 Å². The molecule has 2 aromatic rings. The second-order valence-electron chi connectivity index (χ2n) is 6.77. The van der Waals surface area contributed by atoms with Crippen LogP contribution in [0.2, 0.25) is 0 Å². The third kappa shape index (κ3) is 5.32. The number of hydrogen-bond donors (Lipinski definition) is 2. The minimum atomic E-state index is -3.43. The minimum absolute atomic E-state index is 0. The fraction of sp³-hybridized carbons (Fsp3) is 0.350. The molecule has 1 saturated heterocycles. The highest BCUT2D eigenvalue weighted by atomic mass is 35.5. The first kappa shape index (κ1) is 22.4. The van der Waals surface area contributed by atoms with Gasteiger partial charge >= 0.3 is 0 Å². The molecular formula is C20H26ClN3O3S. The van der Waals surface area contributed by atoms with Gasteiger partial charge in [0, 0.05) is 31.7 Å². The van der Waals surface area contributed by atoms with E-state index in [9.17, 15) is 13.2 Å². The van der Waals surface area contributed by atoms with E-state index in [2.05, 4.69) is 5.32 Å². The zero-order valence-electron chi connectivity index (χ0n) is 15.6. The van der Waals surface area contributed by atoms with Crippen molar-refractivity contribution in [3.05, 3.63) is 65.7 Å². The molecule has 152 valence electrons. The van der Waals surface area contributed by atoms with Gasteiger partial charge in [-0.1, -0.05) is 30.3 Å². The lowest BCUT2D eigenvalue weighted by atomic mass is 9.98. The van der Waals surface area contributed by atoms with Crippen LogP contribution in [0.25, 0.3) is 0 Å². The van der Waals surface area contributed by atoms with Gasteiger partial charge in [0.05, 0.1) is 4.90 Å². The van der Waals surface area contributed by atoms with Crippen molar-refractivity contribution in [2.24, 2.45) is 11.7 Å². The van der Waals surface area contributed by atoms with Crippen LogP contribution in [0.1, 0.15) is 28.8 Å². The van der Waals surface area contributed by atoms with Crippen molar-refractivity contribution in [1.82, 2.24) is 9.62 Å². The summed E-state index contributed by atoms with van der Waals surface area (Å²) in [5.41, 5.74) is 7.16. The molecule has 6 nitrogen and oxygen atoms in total. The van der Waals surface area contributed by atoms with Crippen molar-refractivity contribution < 1.29 is 13.2 Å². The first-order valence-corrected chi connectivity index (χ1v) is 10.6. The van der Waals surface area contributed by atoms with E-state index in [1.807, 2.05) is 12.1 Å². The number of rotatable bonds is 6. The third-order valence-electron chi connectivity index (χ3n) is 4.96. The Kier molecular flexibility index (Phi) is 8.00. The maximum Gasteiger partial charge on any atom is 0.251 e. The van der Waals surface area contributed by atoms with Crippen molar-refractivity contribution in [2.45, 2.75) is 24.3 Å². The molecule has 1 amide bonds. The second-order valence-corrected chi connectivity index (χ2v) is 8.71. The van der Waals surface area contributed by atoms with E-state index >= 15 is 0 Å². The maximum atomic E-state index is 12.6. The molecular weight excluding hydrogens is 398 g/mol. The summed E-state index contributed by atoms with van der Waals surface area (Å²) < 4.78 is 26.8. The Morgan fingerprint density at radius 2 is 1.64 bits per heavy atom. The smallest absolute Gasteiger partial charge is 0.251 e. The van der Waals surface area contributed by atoms with Gasteiger partial charge in [0.2, 0.25) is 10.0 Å². The van der Waals surface area contributed by atoms with Crippen molar-refractivity contribution in [3.63, 3.8) is 0 Å². The topological polar surface area (TPSA) is 92.5 Å². The first-order chi connectivity index (χ1) is 13.0. The molecule has 0 aliphatic carbocycles. The summed E-state index contributed by atoms with van der Waals surface area (Å²) in [4.78, 5) is 12.6. The number of benzene rings is 2. The zero-order chi connectivity index (χ0) is 19.3. The first-order valence-electron chi connectivity index (χ1n) is 9.13. The molecule has 0 spiro atoms. The van der Waals surface area contributed by atoms with Crippen LogP contribution in [0.15, 0.2) is 59.5 Å². The average Bonchev–Trinajstić information content (AvgIpc) is 2.73. The lowest BCUT2D eigenvalue weighted by Gasteiger charge is -2.31. The van der Waals surface area contributed by atoms with Crippen LogP contribution >= 0.6 is 12.4 Å². The quantitative estimate of drug-likeness (QED) is 0.746. The molecule has 0 radical (unpaired) electrons. The monoisotopic (exact) mass is 423 g/mol. The number of nitrogens with one attached hydrogen (secondary N) is 1. The molecule has 3 N–H and O–H groups in total. The Morgan fingerprint density at radius 1 is 1.04 bits per heavy atom. The van der Waals surface area contributed by atoms with Crippen LogP contribution in [0.4, 0.5) is 0 Å². The number of nitrogens with two attached hydrogens (primary N) is 1. The largest absolute Gasteiger partial charge is 0.352 e. The van der Waals surface area contributed by atoms with Gasteiger partial charge in [0.25, 0.3) is 5.91 Å². The van der Waals surface area contributed by atoms with E-state index in [1.54, 1.807) is 42.5 Å². The number of amides is 1. The highest BCUT2D eigenvalue weighted by Crippen LogP contribution is 2.23. The molecule has 1 aliphatic rings. The maximum absolute atomic E-state index is 12.6. The van der Waals surface area contributed by atoms with Gasteiger partial charge in [-0.05, 0) is 48.6 Å². The molecule has 0 unspecified atom stereocenters. The molecule has 2 aromatic carbocycles. The van der Waals surface area contributed by atoms with Gasteiger partial charge < -0.3 is 11.1 Å². The molecule has 1 fully saturated rings. The van der Waals surface area contributed by atoms with E-state index in [0.717, 1.165) is 18.4 Å². The Morgan fingerprint density at radius 3 is 2.21 bits per heavy atom. The molecule has 1 aliphatic heterocycles. The standard InChI is InChI=1S/C20H25N3O3S.ClH/c21-14-16-6-8-18(9-7-16)20(24)22-15-17-10-12-23(13-11-17)27(25,26)19-4-2-1-3-5-19;/h1-9,17H,10-15,21H2,(H,22,24);1H. The van der Waals surface area contributed by atoms with Crippen molar-refractivity contribution in [3.8, 4) is 0 Å². The highest BCUT2D eigenvalue weighted by Gasteiger charge is 2.29. The van der Waals surface area contributed by atoms with Crippen molar-refractivity contribution >= 4 is 28.3 Å².